The van der Waals surface area contributed by atoms with Crippen molar-refractivity contribution in [1.82, 2.24) is 0 Å². The third-order valence-corrected chi connectivity index (χ3v) is 2.90. The Bertz CT molecular complexity index is 657. The van der Waals surface area contributed by atoms with Crippen LogP contribution in [-0.4, -0.2) is 30.8 Å². The highest BCUT2D eigenvalue weighted by Crippen LogP contribution is 2.25. The first kappa shape index (κ1) is 21.8. The Morgan fingerprint density at radius 3 is 1.96 bits per heavy atom. The number of ether oxygens (including phenoxy) is 1. The highest BCUT2D eigenvalue weighted by atomic mass is 32.2. The molecule has 0 saturated heterocycles. The lowest BCUT2D eigenvalue weighted by Crippen LogP contribution is -2.31. The summed E-state index contributed by atoms with van der Waals surface area (Å²) in [6.45, 7) is 7.60. The van der Waals surface area contributed by atoms with E-state index in [0.29, 0.717) is 5.75 Å². The van der Waals surface area contributed by atoms with Gasteiger partial charge in [-0.25, -0.2) is 4.79 Å². The summed E-state index contributed by atoms with van der Waals surface area (Å²) in [6, 6.07) is 6.89. The van der Waals surface area contributed by atoms with Crippen LogP contribution in [0.15, 0.2) is 30.8 Å². The van der Waals surface area contributed by atoms with Crippen LogP contribution in [0, 0.1) is 0 Å². The van der Waals surface area contributed by atoms with Crippen LogP contribution in [0.5, 0.6) is 5.75 Å². The molecule has 24 heavy (non-hydrogen) atoms. The van der Waals surface area contributed by atoms with E-state index in [-0.39, 0.29) is 0 Å². The molecule has 6 nitrogen and oxygen atoms in total. The number of phenols is 1. The van der Waals surface area contributed by atoms with Crippen LogP contribution in [-0.2, 0) is 19.0 Å². The second kappa shape index (κ2) is 8.04. The van der Waals surface area contributed by atoms with Crippen molar-refractivity contribution in [1.29, 1.82) is 0 Å². The number of aromatic hydroxyl groups is 1. The summed E-state index contributed by atoms with van der Waals surface area (Å²) < 4.78 is 63.1. The third-order valence-electron chi connectivity index (χ3n) is 1.98. The summed E-state index contributed by atoms with van der Waals surface area (Å²) in [5, 5.41) is 8.82. The Morgan fingerprint density at radius 1 is 1.17 bits per heavy atom. The maximum atomic E-state index is 11.7. The number of hydrogen-bond donors (Lipinski definition) is 1. The van der Waals surface area contributed by atoms with Gasteiger partial charge in [-0.3, -0.25) is 0 Å². The van der Waals surface area contributed by atoms with Gasteiger partial charge >= 0.3 is 21.8 Å². The van der Waals surface area contributed by atoms with Gasteiger partial charge < -0.3 is 14.0 Å². The monoisotopic (exact) mass is 370 g/mol. The van der Waals surface area contributed by atoms with Gasteiger partial charge in [-0.05, 0) is 38.5 Å². The van der Waals surface area contributed by atoms with Crippen molar-refractivity contribution in [2.45, 2.75) is 31.9 Å². The maximum Gasteiger partial charge on any atom is 0.534 e. The smallest absolute Gasteiger partial charge is 0.508 e. The second-order valence-electron chi connectivity index (χ2n) is 5.24. The fourth-order valence-electron chi connectivity index (χ4n) is 1.01. The van der Waals surface area contributed by atoms with E-state index in [1.54, 1.807) is 18.2 Å². The molecule has 0 aliphatic rings. The zero-order chi connectivity index (χ0) is 19.2. The molecule has 0 saturated carbocycles. The quantitative estimate of drug-likeness (QED) is 0.483. The van der Waals surface area contributed by atoms with Crippen LogP contribution in [0.3, 0.4) is 0 Å². The van der Waals surface area contributed by atoms with Gasteiger partial charge in [-0.2, -0.15) is 21.6 Å². The topological polar surface area (TPSA) is 89.9 Å². The van der Waals surface area contributed by atoms with Gasteiger partial charge in [0.25, 0.3) is 0 Å². The van der Waals surface area contributed by atoms with Gasteiger partial charge in [-0.15, -0.1) is 0 Å². The minimum Gasteiger partial charge on any atom is -0.508 e. The van der Waals surface area contributed by atoms with E-state index >= 15 is 0 Å². The average Bonchev–Trinajstić information content (AvgIpc) is 2.36. The Kier molecular flexibility index (Phi) is 7.30. The molecule has 0 aliphatic carbocycles. The van der Waals surface area contributed by atoms with Gasteiger partial charge in [0, 0.05) is 0 Å². The number of phenolic OH excluding ortho intramolecular Hbond substituents is 1. The molecule has 1 rings (SSSR count). The molecule has 0 unspecified atom stereocenters. The predicted octanol–water partition coefficient (Wildman–Crippen LogP) is 3.82. The number of benzene rings is 1. The van der Waals surface area contributed by atoms with E-state index in [2.05, 4.69) is 15.5 Å². The van der Waals surface area contributed by atoms with E-state index in [9.17, 15) is 26.4 Å². The van der Waals surface area contributed by atoms with E-state index in [1.165, 1.54) is 20.8 Å². The molecule has 0 fully saturated rings. The lowest BCUT2D eigenvalue weighted by molar-refractivity contribution is -0.0563. The molecule has 0 spiro atoms. The zero-order valence-electron chi connectivity index (χ0n) is 13.1. The Morgan fingerprint density at radius 2 is 1.62 bits per heavy atom. The van der Waals surface area contributed by atoms with Crippen LogP contribution < -0.4 is 0 Å². The highest BCUT2D eigenvalue weighted by molar-refractivity contribution is 7.88. The molecule has 0 aromatic heterocycles. The molecule has 1 N–H and O–H groups in total. The van der Waals surface area contributed by atoms with Crippen LogP contribution in [0.4, 0.5) is 18.0 Å². The van der Waals surface area contributed by atoms with Crippen LogP contribution >= 0.6 is 0 Å². The summed E-state index contributed by atoms with van der Waals surface area (Å²) in [5.41, 5.74) is -5.77. The minimum atomic E-state index is -5.94. The lowest BCUT2D eigenvalue weighted by Gasteiger charge is -2.18. The van der Waals surface area contributed by atoms with E-state index < -0.39 is 27.4 Å². The molecule has 10 heteroatoms. The summed E-state index contributed by atoms with van der Waals surface area (Å²) in [5.74, 6) is 0.292. The first-order valence-corrected chi connectivity index (χ1v) is 7.74. The van der Waals surface area contributed by atoms with Gasteiger partial charge in [0.05, 0.1) is 0 Å². The van der Waals surface area contributed by atoms with Crippen molar-refractivity contribution in [3.05, 3.63) is 36.4 Å². The number of alkyl halides is 3. The molecule has 0 bridgehead atoms. The molecule has 136 valence electrons. The SMILES string of the molecule is C=Cc1ccc(O)cc1.CC(C)(C)OC(=O)OS(=O)(=O)C(F)(F)F. The van der Waals surface area contributed by atoms with Crippen molar-refractivity contribution in [3.8, 4) is 5.75 Å². The standard InChI is InChI=1S/C8H8O.C6H9F3O5S/c1-2-7-3-5-8(9)6-4-7;1-5(2,3)13-4(10)14-15(11,12)6(7,8)9/h2-6,9H,1H2;1-3H3. The molecule has 1 aromatic carbocycles. The largest absolute Gasteiger partial charge is 0.534 e. The normalized spacial score (nSPS) is 11.8. The number of rotatable bonds is 2. The molecule has 0 heterocycles. The fraction of sp³-hybridized carbons (Fsp3) is 0.357. The van der Waals surface area contributed by atoms with E-state index in [1.807, 2.05) is 12.1 Å². The van der Waals surface area contributed by atoms with Gasteiger partial charge in [0.2, 0.25) is 0 Å². The number of hydrogen-bond acceptors (Lipinski definition) is 6. The highest BCUT2D eigenvalue weighted by Gasteiger charge is 2.50. The Hall–Kier alpha value is -2.23. The molecule has 1 aromatic rings. The fourth-order valence-corrected chi connectivity index (χ4v) is 1.32. The Labute approximate surface area is 137 Å². The Balaban J connectivity index is 0.000000496. The van der Waals surface area contributed by atoms with Crippen LogP contribution in [0.1, 0.15) is 26.3 Å². The average molecular weight is 370 g/mol. The summed E-state index contributed by atoms with van der Waals surface area (Å²) >= 11 is 0. The molecule has 0 atom stereocenters. The van der Waals surface area contributed by atoms with Crippen molar-refractivity contribution in [2.24, 2.45) is 0 Å². The van der Waals surface area contributed by atoms with Crippen molar-refractivity contribution in [3.63, 3.8) is 0 Å². The van der Waals surface area contributed by atoms with Gasteiger partial charge in [0.1, 0.15) is 11.4 Å². The summed E-state index contributed by atoms with van der Waals surface area (Å²) in [6.07, 6.45) is -0.181. The summed E-state index contributed by atoms with van der Waals surface area (Å²) in [4.78, 5) is 10.6. The lowest BCUT2D eigenvalue weighted by atomic mass is 10.2. The van der Waals surface area contributed by atoms with Gasteiger partial charge in [-0.1, -0.05) is 24.8 Å². The van der Waals surface area contributed by atoms with E-state index in [0.717, 1.165) is 5.56 Å². The molecule has 0 amide bonds. The molecule has 0 radical (unpaired) electrons. The predicted molar refractivity (Wildman–Crippen MR) is 80.5 cm³/mol. The van der Waals surface area contributed by atoms with Crippen LogP contribution in [0.2, 0.25) is 0 Å². The van der Waals surface area contributed by atoms with Crippen molar-refractivity contribution >= 4 is 22.3 Å². The number of carbonyl (C=O) groups excluding carboxylic acids is 1. The summed E-state index contributed by atoms with van der Waals surface area (Å²) in [7, 11) is -5.94. The van der Waals surface area contributed by atoms with Crippen molar-refractivity contribution < 1.29 is 40.4 Å². The van der Waals surface area contributed by atoms with Crippen molar-refractivity contribution in [2.75, 3.05) is 0 Å². The maximum absolute atomic E-state index is 11.7. The number of carbonyl (C=O) groups is 1. The first-order chi connectivity index (χ1) is 10.7. The third kappa shape index (κ3) is 8.42. The molecular formula is C14H17F3O6S. The molecule has 0 aliphatic heterocycles. The molecular weight excluding hydrogens is 353 g/mol. The van der Waals surface area contributed by atoms with Gasteiger partial charge in [0.15, 0.2) is 0 Å². The van der Waals surface area contributed by atoms with Crippen LogP contribution in [0.25, 0.3) is 6.08 Å². The first-order valence-electron chi connectivity index (χ1n) is 6.33. The van der Waals surface area contributed by atoms with E-state index in [4.69, 9.17) is 5.11 Å². The zero-order valence-corrected chi connectivity index (χ0v) is 13.9. The number of halogens is 3. The minimum absolute atomic E-state index is 0.292. The second-order valence-corrected chi connectivity index (χ2v) is 6.78.